The van der Waals surface area contributed by atoms with Crippen LogP contribution in [0.2, 0.25) is 0 Å². The third-order valence-electron chi connectivity index (χ3n) is 4.62. The first-order chi connectivity index (χ1) is 9.63. The van der Waals surface area contributed by atoms with Crippen molar-refractivity contribution in [2.24, 2.45) is 5.92 Å². The lowest BCUT2D eigenvalue weighted by molar-refractivity contribution is -0.123. The Morgan fingerprint density at radius 1 is 1.35 bits per heavy atom. The molecule has 1 heterocycles. The molecule has 1 N–H and O–H groups in total. The summed E-state index contributed by atoms with van der Waals surface area (Å²) in [6.07, 6.45) is 2.97. The minimum atomic E-state index is 0.137. The maximum Gasteiger partial charge on any atom is 0.224 e. The van der Waals surface area contributed by atoms with Crippen molar-refractivity contribution in [3.05, 3.63) is 35.4 Å². The molecule has 3 nitrogen and oxygen atoms in total. The smallest absolute Gasteiger partial charge is 0.224 e. The second kappa shape index (κ2) is 5.57. The van der Waals surface area contributed by atoms with Crippen molar-refractivity contribution in [3.63, 3.8) is 0 Å². The molecule has 1 aliphatic heterocycles. The summed E-state index contributed by atoms with van der Waals surface area (Å²) < 4.78 is 5.57. The predicted molar refractivity (Wildman–Crippen MR) is 78.6 cm³/mol. The molecule has 20 heavy (non-hydrogen) atoms. The van der Waals surface area contributed by atoms with Crippen molar-refractivity contribution >= 4 is 5.91 Å². The van der Waals surface area contributed by atoms with Crippen LogP contribution in [0.1, 0.15) is 43.7 Å². The highest BCUT2D eigenvalue weighted by Gasteiger charge is 2.45. The molecule has 3 rings (SSSR count). The number of ether oxygens (including phenoxy) is 1. The number of carbonyl (C=O) groups excluding carboxylic acids is 1. The molecule has 0 unspecified atom stereocenters. The first-order valence-electron chi connectivity index (χ1n) is 7.63. The topological polar surface area (TPSA) is 38.3 Å². The Hall–Kier alpha value is -1.35. The zero-order chi connectivity index (χ0) is 14.1. The summed E-state index contributed by atoms with van der Waals surface area (Å²) in [5, 5.41) is 3.15. The van der Waals surface area contributed by atoms with Crippen LogP contribution in [0.4, 0.5) is 0 Å². The van der Waals surface area contributed by atoms with Gasteiger partial charge in [-0.05, 0) is 29.9 Å². The maximum absolute atomic E-state index is 12.1. The molecule has 1 aliphatic carbocycles. The lowest BCUT2D eigenvalue weighted by Gasteiger charge is -2.39. The van der Waals surface area contributed by atoms with Gasteiger partial charge in [-0.15, -0.1) is 0 Å². The van der Waals surface area contributed by atoms with E-state index < -0.39 is 0 Å². The highest BCUT2D eigenvalue weighted by molar-refractivity contribution is 5.79. The van der Waals surface area contributed by atoms with Crippen LogP contribution in [-0.4, -0.2) is 24.7 Å². The van der Waals surface area contributed by atoms with Crippen molar-refractivity contribution in [2.75, 3.05) is 6.61 Å². The van der Waals surface area contributed by atoms with Crippen molar-refractivity contribution < 1.29 is 9.53 Å². The van der Waals surface area contributed by atoms with Crippen molar-refractivity contribution in [2.45, 2.75) is 51.2 Å². The molecule has 0 bridgehead atoms. The van der Waals surface area contributed by atoms with E-state index in [0.29, 0.717) is 30.4 Å². The summed E-state index contributed by atoms with van der Waals surface area (Å²) in [5.74, 6) is 1.23. The monoisotopic (exact) mass is 273 g/mol. The molecule has 0 spiro atoms. The molecule has 3 heteroatoms. The van der Waals surface area contributed by atoms with Crippen LogP contribution < -0.4 is 5.32 Å². The Kier molecular flexibility index (Phi) is 3.79. The summed E-state index contributed by atoms with van der Waals surface area (Å²) in [6, 6.07) is 8.72. The lowest BCUT2D eigenvalue weighted by Crippen LogP contribution is -2.53. The summed E-state index contributed by atoms with van der Waals surface area (Å²) in [7, 11) is 0. The number of hydrogen-bond acceptors (Lipinski definition) is 2. The van der Waals surface area contributed by atoms with E-state index in [1.54, 1.807) is 0 Å². The van der Waals surface area contributed by atoms with Crippen molar-refractivity contribution in [3.8, 4) is 0 Å². The second-order valence-electron chi connectivity index (χ2n) is 6.34. The lowest BCUT2D eigenvalue weighted by atomic mass is 9.76. The van der Waals surface area contributed by atoms with Gasteiger partial charge in [0.2, 0.25) is 5.91 Å². The van der Waals surface area contributed by atoms with E-state index in [1.807, 2.05) is 0 Å². The Bertz CT molecular complexity index is 480. The van der Waals surface area contributed by atoms with Gasteiger partial charge in [0.15, 0.2) is 0 Å². The molecule has 1 saturated heterocycles. The van der Waals surface area contributed by atoms with Crippen molar-refractivity contribution in [1.29, 1.82) is 0 Å². The maximum atomic E-state index is 12.1. The van der Waals surface area contributed by atoms with Gasteiger partial charge in [0, 0.05) is 18.6 Å². The van der Waals surface area contributed by atoms with Crippen LogP contribution in [0.15, 0.2) is 24.3 Å². The molecule has 1 amide bonds. The van der Waals surface area contributed by atoms with E-state index in [2.05, 4.69) is 43.4 Å². The molecule has 2 fully saturated rings. The molecular weight excluding hydrogens is 250 g/mol. The number of amides is 1. The fourth-order valence-corrected chi connectivity index (χ4v) is 3.23. The number of benzene rings is 1. The van der Waals surface area contributed by atoms with Gasteiger partial charge in [-0.25, -0.2) is 0 Å². The molecule has 1 aromatic rings. The zero-order valence-electron chi connectivity index (χ0n) is 12.3. The number of hydrogen-bond donors (Lipinski definition) is 1. The number of rotatable bonds is 4. The second-order valence-corrected chi connectivity index (χ2v) is 6.34. The quantitative estimate of drug-likeness (QED) is 0.916. The summed E-state index contributed by atoms with van der Waals surface area (Å²) in [4.78, 5) is 12.1. The minimum Gasteiger partial charge on any atom is -0.378 e. The van der Waals surface area contributed by atoms with Gasteiger partial charge in [-0.3, -0.25) is 4.79 Å². The molecule has 0 radical (unpaired) electrons. The Morgan fingerprint density at radius 2 is 2.10 bits per heavy atom. The average molecular weight is 273 g/mol. The molecule has 1 aromatic carbocycles. The van der Waals surface area contributed by atoms with Gasteiger partial charge < -0.3 is 10.1 Å². The standard InChI is InChI=1S/C17H23NO2/c1-11(2)13-5-3-12(4-6-13)9-17(19)18-15-10-16-14(15)7-8-20-16/h3-6,11,14-16H,7-10H2,1-2H3,(H,18,19)/t14-,15+,16+/m1/s1. The van der Waals surface area contributed by atoms with Crippen LogP contribution in [0.25, 0.3) is 0 Å². The van der Waals surface area contributed by atoms with Crippen molar-refractivity contribution in [1.82, 2.24) is 5.32 Å². The Morgan fingerprint density at radius 3 is 2.75 bits per heavy atom. The van der Waals surface area contributed by atoms with Gasteiger partial charge in [0.25, 0.3) is 0 Å². The fourth-order valence-electron chi connectivity index (χ4n) is 3.23. The Balaban J connectivity index is 1.51. The predicted octanol–water partition coefficient (Wildman–Crippen LogP) is 2.65. The fraction of sp³-hybridized carbons (Fsp3) is 0.588. The molecule has 1 saturated carbocycles. The Labute approximate surface area is 120 Å². The summed E-state index contributed by atoms with van der Waals surface area (Å²) >= 11 is 0. The third-order valence-corrected chi connectivity index (χ3v) is 4.62. The minimum absolute atomic E-state index is 0.137. The van der Waals surface area contributed by atoms with E-state index in [0.717, 1.165) is 25.0 Å². The number of nitrogens with one attached hydrogen (secondary N) is 1. The largest absolute Gasteiger partial charge is 0.378 e. The summed E-state index contributed by atoms with van der Waals surface area (Å²) in [5.41, 5.74) is 2.41. The van der Waals surface area contributed by atoms with Crippen LogP contribution in [0.5, 0.6) is 0 Å². The van der Waals surface area contributed by atoms with Crippen LogP contribution in [0, 0.1) is 5.92 Å². The summed E-state index contributed by atoms with van der Waals surface area (Å²) in [6.45, 7) is 5.22. The van der Waals surface area contributed by atoms with Crippen LogP contribution in [-0.2, 0) is 16.0 Å². The molecule has 2 aliphatic rings. The van der Waals surface area contributed by atoms with Gasteiger partial charge in [-0.2, -0.15) is 0 Å². The van der Waals surface area contributed by atoms with Gasteiger partial charge in [-0.1, -0.05) is 38.1 Å². The van der Waals surface area contributed by atoms with Gasteiger partial charge >= 0.3 is 0 Å². The van der Waals surface area contributed by atoms with Gasteiger partial charge in [0.1, 0.15) is 0 Å². The van der Waals surface area contributed by atoms with E-state index in [-0.39, 0.29) is 5.91 Å². The number of carbonyl (C=O) groups is 1. The first-order valence-corrected chi connectivity index (χ1v) is 7.63. The van der Waals surface area contributed by atoms with E-state index in [4.69, 9.17) is 4.74 Å². The molecule has 0 aromatic heterocycles. The normalized spacial score (nSPS) is 28.1. The molecule has 108 valence electrons. The SMILES string of the molecule is CC(C)c1ccc(CC(=O)N[C@H]2C[C@@H]3OCC[C@H]23)cc1. The third kappa shape index (κ3) is 2.73. The van der Waals surface area contributed by atoms with E-state index in [1.165, 1.54) is 5.56 Å². The van der Waals surface area contributed by atoms with E-state index in [9.17, 15) is 4.79 Å². The van der Waals surface area contributed by atoms with Gasteiger partial charge in [0.05, 0.1) is 12.5 Å². The zero-order valence-corrected chi connectivity index (χ0v) is 12.3. The highest BCUT2D eigenvalue weighted by atomic mass is 16.5. The molecule has 3 atom stereocenters. The average Bonchev–Trinajstić information content (AvgIpc) is 2.78. The van der Waals surface area contributed by atoms with E-state index >= 15 is 0 Å². The first kappa shape index (κ1) is 13.6. The van der Waals surface area contributed by atoms with Crippen LogP contribution >= 0.6 is 0 Å². The molecular formula is C17H23NO2. The number of fused-ring (bicyclic) bond motifs is 1. The highest BCUT2D eigenvalue weighted by Crippen LogP contribution is 2.38. The van der Waals surface area contributed by atoms with Crippen LogP contribution in [0.3, 0.4) is 0 Å².